The molecule has 0 radical (unpaired) electrons. The minimum absolute atomic E-state index is 0.584. The Morgan fingerprint density at radius 1 is 1.25 bits per heavy atom. The molecule has 1 aromatic carbocycles. The van der Waals surface area contributed by atoms with Crippen molar-refractivity contribution in [3.8, 4) is 11.4 Å². The van der Waals surface area contributed by atoms with Gasteiger partial charge in [-0.3, -0.25) is 0 Å². The highest BCUT2D eigenvalue weighted by Gasteiger charge is 2.21. The third-order valence-corrected chi connectivity index (χ3v) is 3.92. The van der Waals surface area contributed by atoms with Crippen molar-refractivity contribution in [3.63, 3.8) is 0 Å². The first-order chi connectivity index (χ1) is 9.78. The van der Waals surface area contributed by atoms with Crippen LogP contribution in [0.4, 0.5) is 5.82 Å². The molecule has 1 aromatic heterocycles. The molecule has 2 N–H and O–H groups in total. The Balaban J connectivity index is 1.85. The van der Waals surface area contributed by atoms with E-state index in [1.165, 1.54) is 25.7 Å². The van der Waals surface area contributed by atoms with Gasteiger partial charge in [0.2, 0.25) is 0 Å². The fraction of sp³-hybridized carbons (Fsp3) is 0.438. The van der Waals surface area contributed by atoms with E-state index in [4.69, 9.17) is 10.5 Å². The van der Waals surface area contributed by atoms with Crippen LogP contribution in [0.2, 0.25) is 0 Å². The number of anilines is 1. The highest BCUT2D eigenvalue weighted by molar-refractivity contribution is 5.45. The number of hydrogen-bond acceptors (Lipinski definition) is 3. The molecule has 20 heavy (non-hydrogen) atoms. The van der Waals surface area contributed by atoms with Crippen molar-refractivity contribution in [1.82, 2.24) is 9.78 Å². The van der Waals surface area contributed by atoms with Crippen molar-refractivity contribution in [1.29, 1.82) is 0 Å². The van der Waals surface area contributed by atoms with Crippen LogP contribution in [0.15, 0.2) is 30.3 Å². The first kappa shape index (κ1) is 13.0. The first-order valence-electron chi connectivity index (χ1n) is 7.36. The van der Waals surface area contributed by atoms with Crippen LogP contribution in [-0.2, 0) is 0 Å². The van der Waals surface area contributed by atoms with E-state index >= 15 is 0 Å². The summed E-state index contributed by atoms with van der Waals surface area (Å²) in [6.07, 6.45) is 5.08. The van der Waals surface area contributed by atoms with Gasteiger partial charge in [-0.2, -0.15) is 5.10 Å². The Morgan fingerprint density at radius 3 is 2.60 bits per heavy atom. The molecule has 0 spiro atoms. The third-order valence-electron chi connectivity index (χ3n) is 3.92. The summed E-state index contributed by atoms with van der Waals surface area (Å²) in [5.74, 6) is 2.16. The van der Waals surface area contributed by atoms with Crippen LogP contribution in [0.25, 0.3) is 5.69 Å². The Kier molecular flexibility index (Phi) is 3.63. The predicted octanol–water partition coefficient (Wildman–Crippen LogP) is 3.51. The average Bonchev–Trinajstić information content (AvgIpc) is 3.09. The normalized spacial score (nSPS) is 15.7. The average molecular weight is 271 g/mol. The molecule has 4 nitrogen and oxygen atoms in total. The predicted molar refractivity (Wildman–Crippen MR) is 80.4 cm³/mol. The van der Waals surface area contributed by atoms with Crippen molar-refractivity contribution >= 4 is 5.82 Å². The first-order valence-corrected chi connectivity index (χ1v) is 7.36. The van der Waals surface area contributed by atoms with Gasteiger partial charge in [0.05, 0.1) is 18.0 Å². The van der Waals surface area contributed by atoms with Crippen LogP contribution in [0, 0.1) is 0 Å². The van der Waals surface area contributed by atoms with Gasteiger partial charge in [0.15, 0.2) is 0 Å². The monoisotopic (exact) mass is 271 g/mol. The molecule has 0 saturated heterocycles. The van der Waals surface area contributed by atoms with Gasteiger partial charge < -0.3 is 10.5 Å². The highest BCUT2D eigenvalue weighted by Crippen LogP contribution is 2.34. The topological polar surface area (TPSA) is 53.1 Å². The van der Waals surface area contributed by atoms with E-state index in [0.29, 0.717) is 18.3 Å². The lowest BCUT2D eigenvalue weighted by molar-refractivity contribution is 0.340. The maximum atomic E-state index is 6.11. The van der Waals surface area contributed by atoms with Crippen molar-refractivity contribution in [3.05, 3.63) is 36.0 Å². The van der Waals surface area contributed by atoms with Gasteiger partial charge >= 0.3 is 0 Å². The number of nitrogen functional groups attached to an aromatic ring is 1. The maximum absolute atomic E-state index is 6.11. The van der Waals surface area contributed by atoms with Gasteiger partial charge in [0.25, 0.3) is 0 Å². The smallest absolute Gasteiger partial charge is 0.127 e. The Bertz CT molecular complexity index is 568. The molecular weight excluding hydrogens is 250 g/mol. The fourth-order valence-electron chi connectivity index (χ4n) is 2.89. The molecule has 106 valence electrons. The lowest BCUT2D eigenvalue weighted by Gasteiger charge is -2.07. The SMILES string of the molecule is CCOc1ccc(-n2nc(C3CCCC3)cc2N)cc1. The zero-order valence-corrected chi connectivity index (χ0v) is 11.9. The summed E-state index contributed by atoms with van der Waals surface area (Å²) in [7, 11) is 0. The van der Waals surface area contributed by atoms with E-state index in [1.807, 2.05) is 41.9 Å². The summed E-state index contributed by atoms with van der Waals surface area (Å²) in [6, 6.07) is 9.91. The van der Waals surface area contributed by atoms with Crippen molar-refractivity contribution in [2.75, 3.05) is 12.3 Å². The van der Waals surface area contributed by atoms with E-state index < -0.39 is 0 Å². The number of ether oxygens (including phenoxy) is 1. The Labute approximate surface area is 119 Å². The number of nitrogens with two attached hydrogens (primary N) is 1. The highest BCUT2D eigenvalue weighted by atomic mass is 16.5. The quantitative estimate of drug-likeness (QED) is 0.925. The summed E-state index contributed by atoms with van der Waals surface area (Å²) in [5.41, 5.74) is 8.22. The van der Waals surface area contributed by atoms with E-state index in [2.05, 4.69) is 5.10 Å². The molecule has 1 aliphatic carbocycles. The zero-order chi connectivity index (χ0) is 13.9. The molecule has 0 amide bonds. The van der Waals surface area contributed by atoms with Gasteiger partial charge in [0, 0.05) is 12.0 Å². The summed E-state index contributed by atoms with van der Waals surface area (Å²) >= 11 is 0. The Morgan fingerprint density at radius 2 is 1.95 bits per heavy atom. The molecule has 3 rings (SSSR count). The standard InChI is InChI=1S/C16H21N3O/c1-2-20-14-9-7-13(8-10-14)19-16(17)11-15(18-19)12-5-3-4-6-12/h7-12H,2-6,17H2,1H3. The number of hydrogen-bond donors (Lipinski definition) is 1. The fourth-order valence-corrected chi connectivity index (χ4v) is 2.89. The molecule has 1 aliphatic rings. The second-order valence-electron chi connectivity index (χ2n) is 5.31. The minimum Gasteiger partial charge on any atom is -0.494 e. The van der Waals surface area contributed by atoms with Crippen LogP contribution in [0.5, 0.6) is 5.75 Å². The second-order valence-corrected chi connectivity index (χ2v) is 5.31. The zero-order valence-electron chi connectivity index (χ0n) is 11.9. The van der Waals surface area contributed by atoms with E-state index in [9.17, 15) is 0 Å². The lowest BCUT2D eigenvalue weighted by atomic mass is 10.1. The van der Waals surface area contributed by atoms with Gasteiger partial charge in [0.1, 0.15) is 11.6 Å². The minimum atomic E-state index is 0.584. The molecule has 2 aromatic rings. The number of aromatic nitrogens is 2. The number of nitrogens with zero attached hydrogens (tertiary/aromatic N) is 2. The Hall–Kier alpha value is -1.97. The molecule has 1 heterocycles. The molecule has 1 saturated carbocycles. The van der Waals surface area contributed by atoms with Crippen molar-refractivity contribution < 1.29 is 4.74 Å². The van der Waals surface area contributed by atoms with Gasteiger partial charge in [-0.05, 0) is 44.0 Å². The number of benzene rings is 1. The summed E-state index contributed by atoms with van der Waals surface area (Å²) in [5, 5.41) is 4.69. The van der Waals surface area contributed by atoms with Gasteiger partial charge in [-0.1, -0.05) is 12.8 Å². The third kappa shape index (κ3) is 2.50. The molecule has 0 bridgehead atoms. The van der Waals surface area contributed by atoms with Crippen molar-refractivity contribution in [2.45, 2.75) is 38.5 Å². The van der Waals surface area contributed by atoms with Gasteiger partial charge in [-0.15, -0.1) is 0 Å². The molecular formula is C16H21N3O. The molecule has 0 atom stereocenters. The molecule has 0 unspecified atom stereocenters. The van der Waals surface area contributed by atoms with Crippen LogP contribution >= 0.6 is 0 Å². The molecule has 0 aliphatic heterocycles. The number of rotatable bonds is 4. The summed E-state index contributed by atoms with van der Waals surface area (Å²) in [6.45, 7) is 2.66. The maximum Gasteiger partial charge on any atom is 0.127 e. The molecule has 4 heteroatoms. The van der Waals surface area contributed by atoms with E-state index in [0.717, 1.165) is 17.1 Å². The van der Waals surface area contributed by atoms with Crippen LogP contribution in [0.3, 0.4) is 0 Å². The largest absolute Gasteiger partial charge is 0.494 e. The van der Waals surface area contributed by atoms with Crippen LogP contribution in [0.1, 0.15) is 44.2 Å². The summed E-state index contributed by atoms with van der Waals surface area (Å²) < 4.78 is 7.28. The summed E-state index contributed by atoms with van der Waals surface area (Å²) in [4.78, 5) is 0. The van der Waals surface area contributed by atoms with Gasteiger partial charge in [-0.25, -0.2) is 4.68 Å². The van der Waals surface area contributed by atoms with Crippen LogP contribution < -0.4 is 10.5 Å². The van der Waals surface area contributed by atoms with Crippen LogP contribution in [-0.4, -0.2) is 16.4 Å². The van der Waals surface area contributed by atoms with E-state index in [-0.39, 0.29) is 0 Å². The lowest BCUT2D eigenvalue weighted by Crippen LogP contribution is -2.02. The second kappa shape index (κ2) is 5.57. The van der Waals surface area contributed by atoms with Crippen molar-refractivity contribution in [2.24, 2.45) is 0 Å². The molecule has 1 fully saturated rings. The van der Waals surface area contributed by atoms with E-state index in [1.54, 1.807) is 0 Å².